The smallest absolute Gasteiger partial charge is 0.290 e. The summed E-state index contributed by atoms with van der Waals surface area (Å²) < 4.78 is 10.9. The van der Waals surface area contributed by atoms with E-state index < -0.39 is 23.5 Å². The normalized spacial score (nSPS) is 15.1. The van der Waals surface area contributed by atoms with Crippen LogP contribution in [0, 0.1) is 0 Å². The second kappa shape index (κ2) is 18.9. The summed E-state index contributed by atoms with van der Waals surface area (Å²) in [5.74, 6) is -0.321. The van der Waals surface area contributed by atoms with Crippen LogP contribution in [-0.2, 0) is 9.59 Å². The first-order valence-electron chi connectivity index (χ1n) is 16.2. The van der Waals surface area contributed by atoms with Crippen LogP contribution in [0.5, 0.6) is 11.5 Å². The predicted molar refractivity (Wildman–Crippen MR) is 174 cm³/mol. The summed E-state index contributed by atoms with van der Waals surface area (Å²) in [5.41, 5.74) is 1.65. The van der Waals surface area contributed by atoms with Gasteiger partial charge < -0.3 is 19.5 Å². The number of ketones is 1. The Balaban J connectivity index is 1.58. The molecule has 1 aliphatic rings. The first-order chi connectivity index (χ1) is 21.0. The SMILES string of the molecule is CCCCCCCCCCCCCCCCN1C(=O)C(O)=C(C(=O)/C=C/c2ccccc2)[C@H]1c1ccc(OC)c(OC)c1. The molecule has 0 saturated heterocycles. The number of hydrogen-bond donors (Lipinski definition) is 1. The van der Waals surface area contributed by atoms with E-state index in [2.05, 4.69) is 6.92 Å². The fourth-order valence-corrected chi connectivity index (χ4v) is 5.81. The van der Waals surface area contributed by atoms with E-state index in [0.717, 1.165) is 24.8 Å². The van der Waals surface area contributed by atoms with Crippen LogP contribution in [0.25, 0.3) is 6.08 Å². The van der Waals surface area contributed by atoms with Crippen molar-refractivity contribution in [3.05, 3.63) is 77.1 Å². The van der Waals surface area contributed by atoms with Gasteiger partial charge in [0, 0.05) is 6.54 Å². The molecular weight excluding hydrogens is 538 g/mol. The van der Waals surface area contributed by atoms with E-state index >= 15 is 0 Å². The molecule has 3 rings (SSSR count). The molecule has 1 aliphatic heterocycles. The predicted octanol–water partition coefficient (Wildman–Crippen LogP) is 9.16. The Labute approximate surface area is 258 Å². The lowest BCUT2D eigenvalue weighted by atomic mass is 9.95. The van der Waals surface area contributed by atoms with E-state index in [0.29, 0.717) is 23.6 Å². The summed E-state index contributed by atoms with van der Waals surface area (Å²) in [6.45, 7) is 2.72. The number of rotatable bonds is 21. The number of benzene rings is 2. The Kier molecular flexibility index (Phi) is 14.9. The summed E-state index contributed by atoms with van der Waals surface area (Å²) in [4.78, 5) is 28.4. The first-order valence-corrected chi connectivity index (χ1v) is 16.2. The van der Waals surface area contributed by atoms with E-state index in [1.807, 2.05) is 36.4 Å². The third kappa shape index (κ3) is 10.3. The number of hydrogen-bond acceptors (Lipinski definition) is 5. The van der Waals surface area contributed by atoms with Crippen LogP contribution < -0.4 is 9.47 Å². The summed E-state index contributed by atoms with van der Waals surface area (Å²) in [7, 11) is 3.11. The van der Waals surface area contributed by atoms with Crippen molar-refractivity contribution >= 4 is 17.8 Å². The lowest BCUT2D eigenvalue weighted by Gasteiger charge is -2.27. The average Bonchev–Trinajstić information content (AvgIpc) is 3.29. The molecule has 2 aromatic carbocycles. The highest BCUT2D eigenvalue weighted by Crippen LogP contribution is 2.41. The number of carbonyl (C=O) groups is 2. The van der Waals surface area contributed by atoms with E-state index in [1.54, 1.807) is 37.3 Å². The van der Waals surface area contributed by atoms with E-state index in [9.17, 15) is 14.7 Å². The van der Waals surface area contributed by atoms with Gasteiger partial charge in [-0.1, -0.05) is 133 Å². The minimum atomic E-state index is -0.706. The van der Waals surface area contributed by atoms with Crippen molar-refractivity contribution in [3.8, 4) is 11.5 Å². The molecule has 43 heavy (non-hydrogen) atoms. The quantitative estimate of drug-likeness (QED) is 0.116. The lowest BCUT2D eigenvalue weighted by molar-refractivity contribution is -0.129. The van der Waals surface area contributed by atoms with Crippen LogP contribution in [0.15, 0.2) is 65.9 Å². The molecule has 0 fully saturated rings. The van der Waals surface area contributed by atoms with Gasteiger partial charge in [-0.15, -0.1) is 0 Å². The maximum atomic E-state index is 13.4. The maximum absolute atomic E-state index is 13.4. The minimum absolute atomic E-state index is 0.0924. The fourth-order valence-electron chi connectivity index (χ4n) is 5.81. The van der Waals surface area contributed by atoms with Crippen LogP contribution in [0.1, 0.15) is 114 Å². The molecule has 1 N–H and O–H groups in total. The molecule has 0 aliphatic carbocycles. The van der Waals surface area contributed by atoms with Gasteiger partial charge in [0.2, 0.25) is 0 Å². The molecule has 6 heteroatoms. The van der Waals surface area contributed by atoms with E-state index in [1.165, 1.54) is 76.7 Å². The van der Waals surface area contributed by atoms with Gasteiger partial charge in [0.1, 0.15) is 0 Å². The number of unbranched alkanes of at least 4 members (excludes halogenated alkanes) is 13. The zero-order chi connectivity index (χ0) is 30.9. The number of amides is 1. The Morgan fingerprint density at radius 2 is 1.35 bits per heavy atom. The molecule has 0 bridgehead atoms. The molecule has 0 spiro atoms. The van der Waals surface area contributed by atoms with Crippen molar-refractivity contribution in [2.45, 2.75) is 103 Å². The molecule has 0 radical (unpaired) electrons. The van der Waals surface area contributed by atoms with Crippen LogP contribution in [0.4, 0.5) is 0 Å². The van der Waals surface area contributed by atoms with Gasteiger partial charge in [0.15, 0.2) is 23.0 Å². The average molecular weight is 590 g/mol. The Morgan fingerprint density at radius 1 is 0.791 bits per heavy atom. The largest absolute Gasteiger partial charge is 0.503 e. The molecule has 234 valence electrons. The summed E-state index contributed by atoms with van der Waals surface area (Å²) in [6, 6.07) is 14.1. The van der Waals surface area contributed by atoms with Gasteiger partial charge in [-0.2, -0.15) is 0 Å². The number of carbonyl (C=O) groups excluding carboxylic acids is 2. The van der Waals surface area contributed by atoms with Crippen molar-refractivity contribution in [2.75, 3.05) is 20.8 Å². The van der Waals surface area contributed by atoms with Crippen LogP contribution in [0.2, 0.25) is 0 Å². The highest BCUT2D eigenvalue weighted by molar-refractivity contribution is 6.14. The molecule has 0 unspecified atom stereocenters. The summed E-state index contributed by atoms with van der Waals surface area (Å²) in [6.07, 6.45) is 20.6. The van der Waals surface area contributed by atoms with Crippen LogP contribution in [0.3, 0.4) is 0 Å². The molecular formula is C37H51NO5. The molecule has 0 aromatic heterocycles. The molecule has 1 heterocycles. The van der Waals surface area contributed by atoms with Gasteiger partial charge in [0.05, 0.1) is 25.8 Å². The highest BCUT2D eigenvalue weighted by Gasteiger charge is 2.42. The third-order valence-corrected chi connectivity index (χ3v) is 8.27. The van der Waals surface area contributed by atoms with Gasteiger partial charge >= 0.3 is 0 Å². The van der Waals surface area contributed by atoms with Gasteiger partial charge in [-0.25, -0.2) is 0 Å². The van der Waals surface area contributed by atoms with E-state index in [-0.39, 0.29) is 5.57 Å². The van der Waals surface area contributed by atoms with Crippen LogP contribution >= 0.6 is 0 Å². The van der Waals surface area contributed by atoms with Crippen molar-refractivity contribution < 1.29 is 24.2 Å². The number of allylic oxidation sites excluding steroid dienone is 1. The van der Waals surface area contributed by atoms with Crippen molar-refractivity contribution in [2.24, 2.45) is 0 Å². The topological polar surface area (TPSA) is 76.1 Å². The zero-order valence-electron chi connectivity index (χ0n) is 26.5. The number of nitrogens with zero attached hydrogens (tertiary/aromatic N) is 1. The molecule has 2 aromatic rings. The fraction of sp³-hybridized carbons (Fsp3) is 0.514. The molecule has 6 nitrogen and oxygen atoms in total. The highest BCUT2D eigenvalue weighted by atomic mass is 16.5. The van der Waals surface area contributed by atoms with E-state index in [4.69, 9.17) is 9.47 Å². The zero-order valence-corrected chi connectivity index (χ0v) is 26.5. The Morgan fingerprint density at radius 3 is 1.91 bits per heavy atom. The van der Waals surface area contributed by atoms with Gasteiger partial charge in [0.25, 0.3) is 5.91 Å². The molecule has 1 amide bonds. The number of ether oxygens (including phenoxy) is 2. The summed E-state index contributed by atoms with van der Waals surface area (Å²) in [5, 5.41) is 10.9. The second-order valence-electron chi connectivity index (χ2n) is 11.5. The Bertz CT molecular complexity index is 1200. The lowest BCUT2D eigenvalue weighted by Crippen LogP contribution is -2.32. The molecule has 0 saturated carbocycles. The van der Waals surface area contributed by atoms with Crippen molar-refractivity contribution in [1.29, 1.82) is 0 Å². The summed E-state index contributed by atoms with van der Waals surface area (Å²) >= 11 is 0. The van der Waals surface area contributed by atoms with Crippen LogP contribution in [-0.4, -0.2) is 42.5 Å². The monoisotopic (exact) mass is 589 g/mol. The van der Waals surface area contributed by atoms with Gasteiger partial charge in [-0.3, -0.25) is 9.59 Å². The maximum Gasteiger partial charge on any atom is 0.290 e. The molecule has 1 atom stereocenters. The third-order valence-electron chi connectivity index (χ3n) is 8.27. The standard InChI is InChI=1S/C37H51NO5/c1-4-5-6-7-8-9-10-11-12-13-14-15-16-20-27-38-35(30-24-26-32(42-2)33(28-30)43-3)34(36(40)37(38)41)31(39)25-23-29-21-18-17-19-22-29/h17-19,21-26,28,35,40H,4-16,20,27H2,1-3H3/b25-23+/t35-/m1/s1. The minimum Gasteiger partial charge on any atom is -0.503 e. The Hall–Kier alpha value is -3.54. The van der Waals surface area contributed by atoms with Crippen molar-refractivity contribution in [1.82, 2.24) is 4.90 Å². The number of aliphatic hydroxyl groups is 1. The second-order valence-corrected chi connectivity index (χ2v) is 11.5. The first kappa shape index (κ1) is 34.0. The van der Waals surface area contributed by atoms with Gasteiger partial charge in [-0.05, 0) is 35.8 Å². The number of aliphatic hydroxyl groups excluding tert-OH is 1. The van der Waals surface area contributed by atoms with Crippen molar-refractivity contribution in [3.63, 3.8) is 0 Å². The number of methoxy groups -OCH3 is 2.